The minimum atomic E-state index is -0.117. The molecule has 0 spiro atoms. The van der Waals surface area contributed by atoms with Gasteiger partial charge in [-0.05, 0) is 25.8 Å². The van der Waals surface area contributed by atoms with Crippen molar-refractivity contribution in [2.45, 2.75) is 25.8 Å². The van der Waals surface area contributed by atoms with E-state index in [9.17, 15) is 9.59 Å². The van der Waals surface area contributed by atoms with Crippen LogP contribution in [0.3, 0.4) is 0 Å². The summed E-state index contributed by atoms with van der Waals surface area (Å²) < 4.78 is 5.65. The van der Waals surface area contributed by atoms with E-state index in [1.165, 1.54) is 0 Å². The number of hydrogen-bond acceptors (Lipinski definition) is 3. The molecule has 0 unspecified atom stereocenters. The molecule has 0 N–H and O–H groups in total. The predicted molar refractivity (Wildman–Crippen MR) is 76.7 cm³/mol. The number of rotatable bonds is 2. The van der Waals surface area contributed by atoms with Gasteiger partial charge in [0.2, 0.25) is 5.91 Å². The number of carbonyl (C=O) groups is 2. The molecule has 5 heteroatoms. The van der Waals surface area contributed by atoms with Gasteiger partial charge in [0, 0.05) is 11.4 Å². The molecule has 0 radical (unpaired) electrons. The van der Waals surface area contributed by atoms with Crippen molar-refractivity contribution in [3.63, 3.8) is 0 Å². The Kier molecular flexibility index (Phi) is 2.58. The van der Waals surface area contributed by atoms with Gasteiger partial charge in [0.15, 0.2) is 0 Å². The van der Waals surface area contributed by atoms with Gasteiger partial charge in [-0.2, -0.15) is 0 Å². The summed E-state index contributed by atoms with van der Waals surface area (Å²) in [5.41, 5.74) is 1.29. The molecule has 108 valence electrons. The fourth-order valence-corrected chi connectivity index (χ4v) is 3.00. The first kappa shape index (κ1) is 12.4. The van der Waals surface area contributed by atoms with Crippen molar-refractivity contribution < 1.29 is 14.0 Å². The lowest BCUT2D eigenvalue weighted by atomic mass is 10.1. The summed E-state index contributed by atoms with van der Waals surface area (Å²) in [4.78, 5) is 28.2. The molecular formula is C16H16N2O3. The highest BCUT2D eigenvalue weighted by Crippen LogP contribution is 2.31. The monoisotopic (exact) mass is 284 g/mol. The van der Waals surface area contributed by atoms with Gasteiger partial charge in [-0.15, -0.1) is 0 Å². The largest absolute Gasteiger partial charge is 0.461 e. The Morgan fingerprint density at radius 2 is 2.05 bits per heavy atom. The molecule has 1 aromatic carbocycles. The normalized spacial score (nSPS) is 18.8. The third kappa shape index (κ3) is 1.92. The van der Waals surface area contributed by atoms with Gasteiger partial charge in [0.25, 0.3) is 5.91 Å². The van der Waals surface area contributed by atoms with E-state index in [-0.39, 0.29) is 18.4 Å². The summed E-state index contributed by atoms with van der Waals surface area (Å²) >= 11 is 0. The summed E-state index contributed by atoms with van der Waals surface area (Å²) in [7, 11) is 0. The van der Waals surface area contributed by atoms with E-state index in [0.29, 0.717) is 29.6 Å². The Morgan fingerprint density at radius 3 is 2.81 bits per heavy atom. The van der Waals surface area contributed by atoms with Crippen molar-refractivity contribution in [2.24, 2.45) is 0 Å². The zero-order valence-electron chi connectivity index (χ0n) is 11.8. The van der Waals surface area contributed by atoms with Crippen LogP contribution in [0.5, 0.6) is 0 Å². The summed E-state index contributed by atoms with van der Waals surface area (Å²) in [5.74, 6) is 0.545. The van der Waals surface area contributed by atoms with E-state index < -0.39 is 0 Å². The van der Waals surface area contributed by atoms with Gasteiger partial charge in [-0.3, -0.25) is 9.59 Å². The topological polar surface area (TPSA) is 53.8 Å². The molecule has 21 heavy (non-hydrogen) atoms. The van der Waals surface area contributed by atoms with Crippen LogP contribution in [0, 0.1) is 6.92 Å². The molecule has 0 bridgehead atoms. The van der Waals surface area contributed by atoms with Crippen LogP contribution in [0.25, 0.3) is 11.0 Å². The second-order valence-electron chi connectivity index (χ2n) is 5.77. The molecule has 2 aliphatic rings. The van der Waals surface area contributed by atoms with Gasteiger partial charge < -0.3 is 14.2 Å². The number of amides is 2. The SMILES string of the molecule is Cc1oc2ccccc2c1C(=O)N1CC(=O)N(C2CC2)C1. The maximum Gasteiger partial charge on any atom is 0.259 e. The number of nitrogens with zero attached hydrogens (tertiary/aromatic N) is 2. The molecule has 0 atom stereocenters. The number of hydrogen-bond donors (Lipinski definition) is 0. The Labute approximate surface area is 122 Å². The standard InChI is InChI=1S/C16H16N2O3/c1-10-15(12-4-2-3-5-13(12)21-10)16(20)17-8-14(19)18(9-17)11-6-7-11/h2-5,11H,6-9H2,1H3. The van der Waals surface area contributed by atoms with Crippen LogP contribution in [0.1, 0.15) is 29.0 Å². The molecule has 2 aromatic rings. The number of carbonyl (C=O) groups excluding carboxylic acids is 2. The van der Waals surface area contributed by atoms with Crippen LogP contribution in [-0.4, -0.2) is 40.9 Å². The van der Waals surface area contributed by atoms with E-state index >= 15 is 0 Å². The van der Waals surface area contributed by atoms with E-state index in [4.69, 9.17) is 4.42 Å². The van der Waals surface area contributed by atoms with Crippen molar-refractivity contribution in [1.29, 1.82) is 0 Å². The van der Waals surface area contributed by atoms with E-state index in [0.717, 1.165) is 18.2 Å². The Morgan fingerprint density at radius 1 is 1.29 bits per heavy atom. The highest BCUT2D eigenvalue weighted by molar-refractivity contribution is 6.08. The fraction of sp³-hybridized carbons (Fsp3) is 0.375. The highest BCUT2D eigenvalue weighted by atomic mass is 16.3. The van der Waals surface area contributed by atoms with Crippen LogP contribution in [-0.2, 0) is 4.79 Å². The summed E-state index contributed by atoms with van der Waals surface area (Å²) in [5, 5.41) is 0.817. The number of benzene rings is 1. The molecule has 4 rings (SSSR count). The number of furan rings is 1. The zero-order valence-corrected chi connectivity index (χ0v) is 11.8. The summed E-state index contributed by atoms with van der Waals surface area (Å²) in [6.45, 7) is 2.37. The number of para-hydroxylation sites is 1. The lowest BCUT2D eigenvalue weighted by Crippen LogP contribution is -2.32. The van der Waals surface area contributed by atoms with Gasteiger partial charge >= 0.3 is 0 Å². The average molecular weight is 284 g/mol. The number of aryl methyl sites for hydroxylation is 1. The first-order valence-electron chi connectivity index (χ1n) is 7.22. The molecule has 5 nitrogen and oxygen atoms in total. The van der Waals surface area contributed by atoms with Crippen molar-refractivity contribution in [3.8, 4) is 0 Å². The third-order valence-electron chi connectivity index (χ3n) is 4.23. The lowest BCUT2D eigenvalue weighted by Gasteiger charge is -2.17. The van der Waals surface area contributed by atoms with Crippen LogP contribution in [0.4, 0.5) is 0 Å². The van der Waals surface area contributed by atoms with E-state index in [1.54, 1.807) is 11.8 Å². The smallest absolute Gasteiger partial charge is 0.259 e. The minimum absolute atomic E-state index is 0.0521. The maximum atomic E-state index is 12.8. The molecule has 2 fully saturated rings. The Balaban J connectivity index is 1.67. The zero-order chi connectivity index (χ0) is 14.6. The quantitative estimate of drug-likeness (QED) is 0.849. The van der Waals surface area contributed by atoms with Crippen molar-refractivity contribution in [3.05, 3.63) is 35.6 Å². The van der Waals surface area contributed by atoms with Crippen molar-refractivity contribution in [2.75, 3.05) is 13.2 Å². The Bertz CT molecular complexity index is 745. The summed E-state index contributed by atoms with van der Waals surface area (Å²) in [6, 6.07) is 7.85. The van der Waals surface area contributed by atoms with E-state index in [2.05, 4.69) is 0 Å². The molecule has 2 heterocycles. The van der Waals surface area contributed by atoms with E-state index in [1.807, 2.05) is 29.2 Å². The van der Waals surface area contributed by atoms with Gasteiger partial charge in [-0.1, -0.05) is 18.2 Å². The Hall–Kier alpha value is -2.30. The number of fused-ring (bicyclic) bond motifs is 1. The maximum absolute atomic E-state index is 12.8. The third-order valence-corrected chi connectivity index (χ3v) is 4.23. The first-order chi connectivity index (χ1) is 10.1. The second-order valence-corrected chi connectivity index (χ2v) is 5.77. The average Bonchev–Trinajstić information content (AvgIpc) is 3.15. The van der Waals surface area contributed by atoms with Gasteiger partial charge in [-0.25, -0.2) is 0 Å². The predicted octanol–water partition coefficient (Wildman–Crippen LogP) is 2.15. The van der Waals surface area contributed by atoms with Gasteiger partial charge in [0.1, 0.15) is 17.9 Å². The molecule has 1 aromatic heterocycles. The molecule has 1 saturated heterocycles. The first-order valence-corrected chi connectivity index (χ1v) is 7.22. The second kappa shape index (κ2) is 4.35. The lowest BCUT2D eigenvalue weighted by molar-refractivity contribution is -0.127. The van der Waals surface area contributed by atoms with Crippen LogP contribution in [0.15, 0.2) is 28.7 Å². The van der Waals surface area contributed by atoms with Crippen molar-refractivity contribution >= 4 is 22.8 Å². The molecule has 1 aliphatic carbocycles. The molecular weight excluding hydrogens is 268 g/mol. The molecule has 1 aliphatic heterocycles. The summed E-state index contributed by atoms with van der Waals surface area (Å²) in [6.07, 6.45) is 2.11. The molecule has 2 amide bonds. The van der Waals surface area contributed by atoms with Crippen LogP contribution in [0.2, 0.25) is 0 Å². The molecule has 1 saturated carbocycles. The van der Waals surface area contributed by atoms with Crippen LogP contribution < -0.4 is 0 Å². The van der Waals surface area contributed by atoms with Crippen molar-refractivity contribution in [1.82, 2.24) is 9.80 Å². The van der Waals surface area contributed by atoms with Crippen LogP contribution >= 0.6 is 0 Å². The fourth-order valence-electron chi connectivity index (χ4n) is 3.00. The van der Waals surface area contributed by atoms with Gasteiger partial charge in [0.05, 0.1) is 12.2 Å². The highest BCUT2D eigenvalue weighted by Gasteiger charge is 2.40. The minimum Gasteiger partial charge on any atom is -0.461 e.